The van der Waals surface area contributed by atoms with Crippen LogP contribution in [0.4, 0.5) is 5.69 Å². The van der Waals surface area contributed by atoms with E-state index in [1.54, 1.807) is 0 Å². The van der Waals surface area contributed by atoms with Crippen molar-refractivity contribution in [1.29, 1.82) is 0 Å². The molecule has 3 N–H and O–H groups in total. The van der Waals surface area contributed by atoms with Crippen molar-refractivity contribution in [3.8, 4) is 0 Å². The Morgan fingerprint density at radius 2 is 2.00 bits per heavy atom. The lowest BCUT2D eigenvalue weighted by molar-refractivity contribution is 0.0294. The number of nitrogen functional groups attached to an aromatic ring is 1. The molecular formula is C17H26N2O. The molecule has 1 saturated carbocycles. The van der Waals surface area contributed by atoms with Crippen LogP contribution in [0.3, 0.4) is 0 Å². The van der Waals surface area contributed by atoms with Crippen LogP contribution in [0.25, 0.3) is 0 Å². The maximum absolute atomic E-state index is 5.97. The number of anilines is 1. The molecule has 1 aromatic rings. The molecule has 2 aliphatic rings. The van der Waals surface area contributed by atoms with Gasteiger partial charge in [-0.3, -0.25) is 0 Å². The fraction of sp³-hybridized carbons (Fsp3) is 0.647. The van der Waals surface area contributed by atoms with Gasteiger partial charge in [0, 0.05) is 18.3 Å². The van der Waals surface area contributed by atoms with E-state index in [9.17, 15) is 0 Å². The molecule has 0 spiro atoms. The van der Waals surface area contributed by atoms with Crippen LogP contribution in [-0.4, -0.2) is 19.3 Å². The molecule has 0 saturated heterocycles. The second-order valence-corrected chi connectivity index (χ2v) is 6.13. The SMILES string of the molecule is Nc1ccc2c(c1)CCC2NCCOC1CCCCC1. The Balaban J connectivity index is 1.41. The van der Waals surface area contributed by atoms with Gasteiger partial charge in [0.05, 0.1) is 12.7 Å². The number of rotatable bonds is 5. The summed E-state index contributed by atoms with van der Waals surface area (Å²) in [6.07, 6.45) is 9.42. The van der Waals surface area contributed by atoms with Crippen LogP contribution in [0.1, 0.15) is 55.7 Å². The molecule has 3 heteroatoms. The number of benzene rings is 1. The van der Waals surface area contributed by atoms with E-state index in [0.717, 1.165) is 25.3 Å². The van der Waals surface area contributed by atoms with E-state index < -0.39 is 0 Å². The van der Waals surface area contributed by atoms with E-state index in [4.69, 9.17) is 10.5 Å². The second-order valence-electron chi connectivity index (χ2n) is 6.13. The molecule has 3 nitrogen and oxygen atoms in total. The van der Waals surface area contributed by atoms with Gasteiger partial charge in [0.15, 0.2) is 0 Å². The van der Waals surface area contributed by atoms with Crippen LogP contribution in [0, 0.1) is 0 Å². The Bertz CT molecular complexity index is 441. The van der Waals surface area contributed by atoms with Crippen LogP contribution >= 0.6 is 0 Å². The number of fused-ring (bicyclic) bond motifs is 1. The van der Waals surface area contributed by atoms with E-state index in [1.165, 1.54) is 49.7 Å². The Morgan fingerprint density at radius 3 is 2.85 bits per heavy atom. The summed E-state index contributed by atoms with van der Waals surface area (Å²) < 4.78 is 5.97. The zero-order valence-electron chi connectivity index (χ0n) is 12.2. The second kappa shape index (κ2) is 6.59. The first-order valence-corrected chi connectivity index (χ1v) is 8.06. The molecule has 0 radical (unpaired) electrons. The highest BCUT2D eigenvalue weighted by Crippen LogP contribution is 2.32. The highest BCUT2D eigenvalue weighted by molar-refractivity contribution is 5.47. The normalized spacial score (nSPS) is 22.9. The Kier molecular flexibility index (Phi) is 4.58. The smallest absolute Gasteiger partial charge is 0.0594 e. The van der Waals surface area contributed by atoms with Crippen LogP contribution in [0.15, 0.2) is 18.2 Å². The first kappa shape index (κ1) is 13.9. The molecule has 0 bridgehead atoms. The average Bonchev–Trinajstić information content (AvgIpc) is 2.87. The molecule has 20 heavy (non-hydrogen) atoms. The van der Waals surface area contributed by atoms with Gasteiger partial charge in [-0.1, -0.05) is 25.3 Å². The third kappa shape index (κ3) is 3.33. The van der Waals surface area contributed by atoms with Gasteiger partial charge in [0.2, 0.25) is 0 Å². The number of aryl methyl sites for hydroxylation is 1. The molecule has 1 fully saturated rings. The summed E-state index contributed by atoms with van der Waals surface area (Å²) in [7, 11) is 0. The molecule has 2 aliphatic carbocycles. The fourth-order valence-corrected chi connectivity index (χ4v) is 3.54. The topological polar surface area (TPSA) is 47.3 Å². The van der Waals surface area contributed by atoms with Crippen LogP contribution in [0.2, 0.25) is 0 Å². The highest BCUT2D eigenvalue weighted by atomic mass is 16.5. The fourth-order valence-electron chi connectivity index (χ4n) is 3.54. The molecule has 1 unspecified atom stereocenters. The molecule has 1 atom stereocenters. The Hall–Kier alpha value is -1.06. The van der Waals surface area contributed by atoms with Crippen molar-refractivity contribution >= 4 is 5.69 Å². The lowest BCUT2D eigenvalue weighted by Crippen LogP contribution is -2.26. The van der Waals surface area contributed by atoms with E-state index in [-0.39, 0.29) is 0 Å². The predicted octanol–water partition coefficient (Wildman–Crippen LogP) is 3.20. The highest BCUT2D eigenvalue weighted by Gasteiger charge is 2.21. The lowest BCUT2D eigenvalue weighted by atomic mass is 9.98. The Labute approximate surface area is 121 Å². The molecule has 3 rings (SSSR count). The van der Waals surface area contributed by atoms with E-state index >= 15 is 0 Å². The molecule has 0 aliphatic heterocycles. The molecule has 110 valence electrons. The number of nitrogens with one attached hydrogen (secondary N) is 1. The summed E-state index contributed by atoms with van der Waals surface area (Å²) in [6.45, 7) is 1.79. The summed E-state index contributed by atoms with van der Waals surface area (Å²) in [6, 6.07) is 6.80. The molecule has 0 heterocycles. The zero-order chi connectivity index (χ0) is 13.8. The minimum Gasteiger partial charge on any atom is -0.399 e. The predicted molar refractivity (Wildman–Crippen MR) is 82.7 cm³/mol. The van der Waals surface area contributed by atoms with Crippen LogP contribution in [-0.2, 0) is 11.2 Å². The summed E-state index contributed by atoms with van der Waals surface area (Å²) in [5.41, 5.74) is 9.56. The first-order chi connectivity index (χ1) is 9.83. The monoisotopic (exact) mass is 274 g/mol. The van der Waals surface area contributed by atoms with Crippen molar-refractivity contribution < 1.29 is 4.74 Å². The minimum absolute atomic E-state index is 0.487. The first-order valence-electron chi connectivity index (χ1n) is 8.06. The Morgan fingerprint density at radius 1 is 1.15 bits per heavy atom. The number of nitrogens with two attached hydrogens (primary N) is 1. The number of hydrogen-bond donors (Lipinski definition) is 2. The van der Waals surface area contributed by atoms with Gasteiger partial charge in [-0.05, 0) is 48.9 Å². The number of hydrogen-bond acceptors (Lipinski definition) is 3. The van der Waals surface area contributed by atoms with Gasteiger partial charge in [-0.2, -0.15) is 0 Å². The van der Waals surface area contributed by atoms with Crippen molar-refractivity contribution in [2.75, 3.05) is 18.9 Å². The number of ether oxygens (including phenoxy) is 1. The summed E-state index contributed by atoms with van der Waals surface area (Å²) in [5.74, 6) is 0. The third-order valence-corrected chi connectivity index (χ3v) is 4.64. The largest absolute Gasteiger partial charge is 0.399 e. The lowest BCUT2D eigenvalue weighted by Gasteiger charge is -2.22. The molecule has 0 aromatic heterocycles. The van der Waals surface area contributed by atoms with Crippen molar-refractivity contribution in [3.63, 3.8) is 0 Å². The van der Waals surface area contributed by atoms with Crippen molar-refractivity contribution in [3.05, 3.63) is 29.3 Å². The maximum atomic E-state index is 5.97. The summed E-state index contributed by atoms with van der Waals surface area (Å²) in [4.78, 5) is 0. The van der Waals surface area contributed by atoms with Crippen LogP contribution in [0.5, 0.6) is 0 Å². The van der Waals surface area contributed by atoms with Gasteiger partial charge in [0.25, 0.3) is 0 Å². The van der Waals surface area contributed by atoms with Gasteiger partial charge >= 0.3 is 0 Å². The van der Waals surface area contributed by atoms with Gasteiger partial charge in [-0.15, -0.1) is 0 Å². The molecular weight excluding hydrogens is 248 g/mol. The van der Waals surface area contributed by atoms with Gasteiger partial charge < -0.3 is 15.8 Å². The van der Waals surface area contributed by atoms with Crippen LogP contribution < -0.4 is 11.1 Å². The third-order valence-electron chi connectivity index (χ3n) is 4.64. The summed E-state index contributed by atoms with van der Waals surface area (Å²) >= 11 is 0. The molecule has 1 aromatic carbocycles. The summed E-state index contributed by atoms with van der Waals surface area (Å²) in [5, 5.41) is 3.63. The van der Waals surface area contributed by atoms with Crippen molar-refractivity contribution in [1.82, 2.24) is 5.32 Å². The van der Waals surface area contributed by atoms with Crippen molar-refractivity contribution in [2.45, 2.75) is 57.1 Å². The van der Waals surface area contributed by atoms with Gasteiger partial charge in [-0.25, -0.2) is 0 Å². The minimum atomic E-state index is 0.487. The standard InChI is InChI=1S/C17H26N2O/c18-14-7-8-16-13(12-14)6-9-17(16)19-10-11-20-15-4-2-1-3-5-15/h7-8,12,15,17,19H,1-6,9-11,18H2. The van der Waals surface area contributed by atoms with E-state index in [2.05, 4.69) is 17.4 Å². The van der Waals surface area contributed by atoms with E-state index in [0.29, 0.717) is 12.1 Å². The quantitative estimate of drug-likeness (QED) is 0.640. The molecule has 0 amide bonds. The zero-order valence-corrected chi connectivity index (χ0v) is 12.2. The average molecular weight is 274 g/mol. The van der Waals surface area contributed by atoms with Crippen molar-refractivity contribution in [2.24, 2.45) is 0 Å². The van der Waals surface area contributed by atoms with Gasteiger partial charge in [0.1, 0.15) is 0 Å². The maximum Gasteiger partial charge on any atom is 0.0594 e. The van der Waals surface area contributed by atoms with E-state index in [1.807, 2.05) is 6.07 Å².